The number of hydrogen-bond donors (Lipinski definition) is 3. The molecule has 4 aromatic rings. The number of aryl methyl sites for hydroxylation is 1. The summed E-state index contributed by atoms with van der Waals surface area (Å²) in [5, 5.41) is 17.5. The van der Waals surface area contributed by atoms with Gasteiger partial charge in [0.2, 0.25) is 5.91 Å². The number of aromatic nitrogens is 1. The maximum absolute atomic E-state index is 13.2. The van der Waals surface area contributed by atoms with Gasteiger partial charge in [-0.05, 0) is 78.6 Å². The van der Waals surface area contributed by atoms with Gasteiger partial charge in [-0.3, -0.25) is 24.7 Å². The van der Waals surface area contributed by atoms with Gasteiger partial charge in [0.1, 0.15) is 0 Å². The van der Waals surface area contributed by atoms with Crippen LogP contribution in [-0.4, -0.2) is 28.8 Å². The fourth-order valence-electron chi connectivity index (χ4n) is 4.88. The molecule has 10 heteroatoms. The first-order chi connectivity index (χ1) is 18.6. The first-order valence-corrected chi connectivity index (χ1v) is 12.0. The molecule has 2 heterocycles. The molecule has 1 unspecified atom stereocenters. The third-order valence-corrected chi connectivity index (χ3v) is 7.13. The van der Waals surface area contributed by atoms with Crippen LogP contribution in [0.1, 0.15) is 34.1 Å². The van der Waals surface area contributed by atoms with Gasteiger partial charge >= 0.3 is 5.69 Å². The summed E-state index contributed by atoms with van der Waals surface area (Å²) in [4.78, 5) is 41.1. The van der Waals surface area contributed by atoms with Crippen molar-refractivity contribution in [3.63, 3.8) is 0 Å². The molecule has 0 saturated heterocycles. The summed E-state index contributed by atoms with van der Waals surface area (Å²) >= 11 is 0. The molecule has 1 atom stereocenters. The van der Waals surface area contributed by atoms with E-state index in [-0.39, 0.29) is 17.3 Å². The normalized spacial score (nSPS) is 13.6. The lowest BCUT2D eigenvalue weighted by atomic mass is 9.74. The lowest BCUT2D eigenvalue weighted by Gasteiger charge is -2.29. The molecular formula is C29H25N5O5. The Morgan fingerprint density at radius 3 is 2.44 bits per heavy atom. The van der Waals surface area contributed by atoms with Crippen LogP contribution in [0.4, 0.5) is 22.7 Å². The number of nitrogens with one attached hydrogen (secondary N) is 2. The SMILES string of the molecule is COc1cc(-c2ccc3c(c2)Nc2ccc(C(C)(C(N)=O)c4cccnc4C)cc2NC3=O)ccc1[N+](=O)[O-]. The Labute approximate surface area is 224 Å². The first-order valence-electron chi connectivity index (χ1n) is 12.0. The second-order valence-electron chi connectivity index (χ2n) is 9.37. The molecule has 0 aliphatic carbocycles. The van der Waals surface area contributed by atoms with Gasteiger partial charge in [-0.25, -0.2) is 0 Å². The third-order valence-electron chi connectivity index (χ3n) is 7.13. The van der Waals surface area contributed by atoms with Gasteiger partial charge in [-0.1, -0.05) is 18.2 Å². The van der Waals surface area contributed by atoms with E-state index in [9.17, 15) is 19.7 Å². The number of methoxy groups -OCH3 is 1. The zero-order chi connectivity index (χ0) is 27.9. The summed E-state index contributed by atoms with van der Waals surface area (Å²) in [7, 11) is 1.37. The standard InChI is InChI=1S/C29H25N5O5/c1-16-21(5-4-12-31-16)29(2,28(30)36)19-8-10-22-24(15-19)33-27(35)20-9-6-17(13-23(20)32-22)18-7-11-25(34(37)38)26(14-18)39-3/h4-15,32H,1-3H3,(H2,30,36)(H,33,35). The number of nitrogens with zero attached hydrogens (tertiary/aromatic N) is 2. The zero-order valence-electron chi connectivity index (χ0n) is 21.4. The molecule has 39 heavy (non-hydrogen) atoms. The van der Waals surface area contributed by atoms with Crippen molar-refractivity contribution in [3.8, 4) is 16.9 Å². The van der Waals surface area contributed by atoms with Crippen molar-refractivity contribution in [3.05, 3.63) is 105 Å². The van der Waals surface area contributed by atoms with Crippen molar-refractivity contribution >= 4 is 34.6 Å². The van der Waals surface area contributed by atoms with Crippen LogP contribution >= 0.6 is 0 Å². The fraction of sp³-hybridized carbons (Fsp3) is 0.138. The number of benzene rings is 3. The number of nitro benzene ring substituents is 1. The van der Waals surface area contributed by atoms with Crippen molar-refractivity contribution < 1.29 is 19.2 Å². The molecule has 0 fully saturated rings. The van der Waals surface area contributed by atoms with Crippen molar-refractivity contribution in [2.24, 2.45) is 5.73 Å². The van der Waals surface area contributed by atoms with E-state index < -0.39 is 16.2 Å². The van der Waals surface area contributed by atoms with Crippen molar-refractivity contribution in [2.45, 2.75) is 19.3 Å². The van der Waals surface area contributed by atoms with Gasteiger partial charge in [-0.2, -0.15) is 0 Å². The fourth-order valence-corrected chi connectivity index (χ4v) is 4.88. The topological polar surface area (TPSA) is 149 Å². The molecule has 0 saturated carbocycles. The second kappa shape index (κ2) is 9.56. The molecule has 1 aliphatic rings. The molecule has 196 valence electrons. The van der Waals surface area contributed by atoms with Gasteiger partial charge in [0.15, 0.2) is 5.75 Å². The summed E-state index contributed by atoms with van der Waals surface area (Å²) in [5.41, 5.74) is 10.0. The smallest absolute Gasteiger partial charge is 0.310 e. The van der Waals surface area contributed by atoms with E-state index in [2.05, 4.69) is 15.6 Å². The number of nitro groups is 1. The highest BCUT2D eigenvalue weighted by atomic mass is 16.6. The minimum absolute atomic E-state index is 0.136. The van der Waals surface area contributed by atoms with E-state index in [4.69, 9.17) is 10.5 Å². The van der Waals surface area contributed by atoms with Crippen LogP contribution in [0.5, 0.6) is 5.75 Å². The van der Waals surface area contributed by atoms with Crippen LogP contribution in [0.3, 0.4) is 0 Å². The van der Waals surface area contributed by atoms with Gasteiger partial charge in [0.05, 0.1) is 40.1 Å². The Morgan fingerprint density at radius 2 is 1.74 bits per heavy atom. The molecule has 10 nitrogen and oxygen atoms in total. The zero-order valence-corrected chi connectivity index (χ0v) is 21.4. The average molecular weight is 524 g/mol. The molecule has 3 aromatic carbocycles. The number of fused-ring (bicyclic) bond motifs is 2. The van der Waals surface area contributed by atoms with Gasteiger partial charge in [0.25, 0.3) is 5.91 Å². The maximum Gasteiger partial charge on any atom is 0.310 e. The molecule has 0 spiro atoms. The van der Waals surface area contributed by atoms with Gasteiger partial charge in [0, 0.05) is 18.0 Å². The number of hydrogen-bond acceptors (Lipinski definition) is 7. The third kappa shape index (κ3) is 4.31. The number of carbonyl (C=O) groups is 2. The number of ether oxygens (including phenoxy) is 1. The molecule has 0 radical (unpaired) electrons. The van der Waals surface area contributed by atoms with E-state index in [0.29, 0.717) is 45.0 Å². The minimum atomic E-state index is -1.18. The van der Waals surface area contributed by atoms with Crippen molar-refractivity contribution in [1.29, 1.82) is 0 Å². The summed E-state index contributed by atoms with van der Waals surface area (Å²) in [6.07, 6.45) is 1.65. The number of primary amides is 1. The average Bonchev–Trinajstić information content (AvgIpc) is 3.06. The highest BCUT2D eigenvalue weighted by molar-refractivity contribution is 6.12. The predicted octanol–water partition coefficient (Wildman–Crippen LogP) is 5.07. The van der Waals surface area contributed by atoms with Gasteiger partial charge < -0.3 is 21.1 Å². The van der Waals surface area contributed by atoms with Gasteiger partial charge in [-0.15, -0.1) is 0 Å². The predicted molar refractivity (Wildman–Crippen MR) is 147 cm³/mol. The van der Waals surface area contributed by atoms with Crippen LogP contribution in [0.25, 0.3) is 11.1 Å². The Morgan fingerprint density at radius 1 is 1.00 bits per heavy atom. The van der Waals surface area contributed by atoms with E-state index in [1.54, 1.807) is 67.7 Å². The molecular weight excluding hydrogens is 498 g/mol. The molecule has 5 rings (SSSR count). The highest BCUT2D eigenvalue weighted by Gasteiger charge is 2.37. The number of pyridine rings is 1. The van der Waals surface area contributed by atoms with E-state index in [0.717, 1.165) is 5.56 Å². The van der Waals surface area contributed by atoms with Crippen LogP contribution in [0.15, 0.2) is 72.9 Å². The molecule has 1 aliphatic heterocycles. The summed E-state index contributed by atoms with van der Waals surface area (Å²) < 4.78 is 5.20. The van der Waals surface area contributed by atoms with E-state index in [1.165, 1.54) is 13.2 Å². The van der Waals surface area contributed by atoms with E-state index in [1.807, 2.05) is 13.0 Å². The second-order valence-corrected chi connectivity index (χ2v) is 9.37. The highest BCUT2D eigenvalue weighted by Crippen LogP contribution is 2.40. The van der Waals surface area contributed by atoms with Crippen LogP contribution < -0.4 is 21.1 Å². The number of nitrogens with two attached hydrogens (primary N) is 1. The Hall–Kier alpha value is -5.25. The number of anilines is 3. The number of carbonyl (C=O) groups excluding carboxylic acids is 2. The number of amides is 2. The Balaban J connectivity index is 1.55. The summed E-state index contributed by atoms with van der Waals surface area (Å²) in [6.45, 7) is 3.56. The van der Waals surface area contributed by atoms with Crippen LogP contribution in [-0.2, 0) is 10.2 Å². The Kier molecular flexibility index (Phi) is 6.23. The summed E-state index contributed by atoms with van der Waals surface area (Å²) in [5.74, 6) is -0.741. The summed E-state index contributed by atoms with van der Waals surface area (Å²) in [6, 6.07) is 18.7. The van der Waals surface area contributed by atoms with Crippen LogP contribution in [0, 0.1) is 17.0 Å². The molecule has 1 aromatic heterocycles. The lowest BCUT2D eigenvalue weighted by molar-refractivity contribution is -0.385. The first kappa shape index (κ1) is 25.4. The largest absolute Gasteiger partial charge is 0.490 e. The van der Waals surface area contributed by atoms with Crippen molar-refractivity contribution in [2.75, 3.05) is 17.7 Å². The monoisotopic (exact) mass is 523 g/mol. The van der Waals surface area contributed by atoms with Crippen molar-refractivity contribution in [1.82, 2.24) is 4.98 Å². The molecule has 0 bridgehead atoms. The number of rotatable bonds is 6. The molecule has 4 N–H and O–H groups in total. The lowest BCUT2D eigenvalue weighted by Crippen LogP contribution is -2.40. The minimum Gasteiger partial charge on any atom is -0.490 e. The van der Waals surface area contributed by atoms with Crippen LogP contribution in [0.2, 0.25) is 0 Å². The molecule has 2 amide bonds. The Bertz CT molecular complexity index is 1670. The maximum atomic E-state index is 13.2. The quantitative estimate of drug-likeness (QED) is 0.236. The van der Waals surface area contributed by atoms with E-state index >= 15 is 0 Å².